The van der Waals surface area contributed by atoms with Crippen LogP contribution in [0.5, 0.6) is 0 Å². The molecule has 8 heteroatoms. The van der Waals surface area contributed by atoms with Crippen LogP contribution in [0.15, 0.2) is 51.9 Å². The third-order valence-electron chi connectivity index (χ3n) is 5.02. The van der Waals surface area contributed by atoms with Crippen molar-refractivity contribution in [3.05, 3.63) is 64.7 Å². The molecule has 3 aromatic rings. The predicted octanol–water partition coefficient (Wildman–Crippen LogP) is 4.13. The second kappa shape index (κ2) is 7.38. The van der Waals surface area contributed by atoms with Crippen LogP contribution >= 0.6 is 0 Å². The van der Waals surface area contributed by atoms with Crippen LogP contribution in [-0.4, -0.2) is 19.7 Å². The van der Waals surface area contributed by atoms with E-state index in [4.69, 9.17) is 4.42 Å². The van der Waals surface area contributed by atoms with Gasteiger partial charge < -0.3 is 8.98 Å². The molecule has 1 aliphatic carbocycles. The standard InChI is InChI=1S/C19H18F2N4O2/c20-17(21)19-24-23-18(27-19)13-8-10-25(16(26)11-13)14-6-4-12(5-7-14)15-3-1-2-9-22-15/h1-3,8-12,14,17H,4-7H2. The van der Waals surface area contributed by atoms with E-state index in [9.17, 15) is 13.6 Å². The highest BCUT2D eigenvalue weighted by Crippen LogP contribution is 2.36. The van der Waals surface area contributed by atoms with E-state index >= 15 is 0 Å². The van der Waals surface area contributed by atoms with E-state index < -0.39 is 12.3 Å². The molecule has 0 N–H and O–H groups in total. The lowest BCUT2D eigenvalue weighted by Crippen LogP contribution is -2.27. The second-order valence-electron chi connectivity index (χ2n) is 6.67. The van der Waals surface area contributed by atoms with Gasteiger partial charge in [0.2, 0.25) is 5.89 Å². The number of nitrogens with zero attached hydrogens (tertiary/aromatic N) is 4. The Morgan fingerprint density at radius 1 is 1.11 bits per heavy atom. The first kappa shape index (κ1) is 17.5. The van der Waals surface area contributed by atoms with Gasteiger partial charge in [-0.2, -0.15) is 8.78 Å². The topological polar surface area (TPSA) is 73.8 Å². The summed E-state index contributed by atoms with van der Waals surface area (Å²) in [5.74, 6) is -0.404. The summed E-state index contributed by atoms with van der Waals surface area (Å²) in [5.41, 5.74) is 1.24. The molecule has 140 valence electrons. The van der Waals surface area contributed by atoms with Gasteiger partial charge in [-0.25, -0.2) is 0 Å². The summed E-state index contributed by atoms with van der Waals surface area (Å²) < 4.78 is 31.7. The average molecular weight is 372 g/mol. The van der Waals surface area contributed by atoms with Gasteiger partial charge >= 0.3 is 6.43 Å². The van der Waals surface area contributed by atoms with Crippen molar-refractivity contribution >= 4 is 0 Å². The van der Waals surface area contributed by atoms with Crippen LogP contribution in [0, 0.1) is 0 Å². The van der Waals surface area contributed by atoms with Crippen LogP contribution in [0.2, 0.25) is 0 Å². The quantitative estimate of drug-likeness (QED) is 0.688. The molecule has 1 fully saturated rings. The van der Waals surface area contributed by atoms with Crippen LogP contribution in [0.25, 0.3) is 11.5 Å². The molecule has 4 rings (SSSR count). The minimum Gasteiger partial charge on any atom is -0.415 e. The van der Waals surface area contributed by atoms with Crippen LogP contribution < -0.4 is 5.56 Å². The molecule has 0 saturated heterocycles. The number of hydrogen-bond donors (Lipinski definition) is 0. The first-order chi connectivity index (χ1) is 13.1. The Balaban J connectivity index is 1.48. The zero-order valence-corrected chi connectivity index (χ0v) is 14.5. The highest BCUT2D eigenvalue weighted by atomic mass is 19.3. The molecular weight excluding hydrogens is 354 g/mol. The van der Waals surface area contributed by atoms with Gasteiger partial charge in [-0.3, -0.25) is 9.78 Å². The highest BCUT2D eigenvalue weighted by Gasteiger charge is 2.25. The van der Waals surface area contributed by atoms with Crippen molar-refractivity contribution in [2.24, 2.45) is 0 Å². The third-order valence-corrected chi connectivity index (χ3v) is 5.02. The molecule has 3 aromatic heterocycles. The van der Waals surface area contributed by atoms with Crippen molar-refractivity contribution in [3.63, 3.8) is 0 Å². The minimum absolute atomic E-state index is 0.0755. The van der Waals surface area contributed by atoms with Crippen LogP contribution in [0.1, 0.15) is 55.7 Å². The van der Waals surface area contributed by atoms with Crippen molar-refractivity contribution in [2.75, 3.05) is 0 Å². The lowest BCUT2D eigenvalue weighted by molar-refractivity contribution is 0.116. The first-order valence-electron chi connectivity index (χ1n) is 8.87. The van der Waals surface area contributed by atoms with Gasteiger partial charge in [-0.15, -0.1) is 10.2 Å². The maximum atomic E-state index is 12.6. The number of pyridine rings is 2. The molecule has 1 saturated carbocycles. The summed E-state index contributed by atoms with van der Waals surface area (Å²) in [6.07, 6.45) is 4.36. The fourth-order valence-corrected chi connectivity index (χ4v) is 3.63. The third kappa shape index (κ3) is 3.65. The maximum absolute atomic E-state index is 12.6. The Morgan fingerprint density at radius 3 is 2.56 bits per heavy atom. The Kier molecular flexibility index (Phi) is 4.79. The molecule has 27 heavy (non-hydrogen) atoms. The molecule has 0 spiro atoms. The van der Waals surface area contributed by atoms with Gasteiger partial charge in [-0.1, -0.05) is 6.07 Å². The van der Waals surface area contributed by atoms with E-state index in [1.807, 2.05) is 24.4 Å². The summed E-state index contributed by atoms with van der Waals surface area (Å²) in [6.45, 7) is 0. The Labute approximate surface area is 153 Å². The zero-order valence-electron chi connectivity index (χ0n) is 14.5. The molecule has 3 heterocycles. The lowest BCUT2D eigenvalue weighted by Gasteiger charge is -2.29. The Bertz CT molecular complexity index is 963. The number of hydrogen-bond acceptors (Lipinski definition) is 5. The van der Waals surface area contributed by atoms with Crippen molar-refractivity contribution in [2.45, 2.75) is 44.1 Å². The van der Waals surface area contributed by atoms with E-state index in [2.05, 4.69) is 15.2 Å². The van der Waals surface area contributed by atoms with Gasteiger partial charge in [0.1, 0.15) is 0 Å². The van der Waals surface area contributed by atoms with Gasteiger partial charge in [0, 0.05) is 41.7 Å². The highest BCUT2D eigenvalue weighted by molar-refractivity contribution is 5.51. The summed E-state index contributed by atoms with van der Waals surface area (Å²) in [5, 5.41) is 6.87. The summed E-state index contributed by atoms with van der Waals surface area (Å²) >= 11 is 0. The van der Waals surface area contributed by atoms with E-state index in [1.165, 1.54) is 6.07 Å². The number of halogens is 2. The summed E-state index contributed by atoms with van der Waals surface area (Å²) in [6, 6.07) is 9.07. The van der Waals surface area contributed by atoms with Gasteiger partial charge in [0.15, 0.2) is 0 Å². The van der Waals surface area contributed by atoms with Crippen molar-refractivity contribution in [1.82, 2.24) is 19.7 Å². The molecule has 0 bridgehead atoms. The summed E-state index contributed by atoms with van der Waals surface area (Å²) in [4.78, 5) is 16.9. The van der Waals surface area contributed by atoms with Crippen LogP contribution in [0.3, 0.4) is 0 Å². The normalized spacial score (nSPS) is 20.1. The van der Waals surface area contributed by atoms with E-state index in [-0.39, 0.29) is 17.5 Å². The van der Waals surface area contributed by atoms with E-state index in [0.717, 1.165) is 31.4 Å². The smallest absolute Gasteiger partial charge is 0.314 e. The van der Waals surface area contributed by atoms with Crippen molar-refractivity contribution < 1.29 is 13.2 Å². The number of rotatable bonds is 4. The molecule has 1 aliphatic rings. The monoisotopic (exact) mass is 372 g/mol. The Hall–Kier alpha value is -2.90. The minimum atomic E-state index is -2.83. The average Bonchev–Trinajstić information content (AvgIpc) is 3.19. The number of alkyl halides is 2. The molecule has 0 atom stereocenters. The van der Waals surface area contributed by atoms with Crippen LogP contribution in [0.4, 0.5) is 8.78 Å². The van der Waals surface area contributed by atoms with Gasteiger partial charge in [0.25, 0.3) is 11.4 Å². The molecule has 0 aromatic carbocycles. The van der Waals surface area contributed by atoms with Crippen molar-refractivity contribution in [1.29, 1.82) is 0 Å². The zero-order chi connectivity index (χ0) is 18.8. The second-order valence-corrected chi connectivity index (χ2v) is 6.67. The van der Waals surface area contributed by atoms with Gasteiger partial charge in [-0.05, 0) is 43.9 Å². The van der Waals surface area contributed by atoms with Gasteiger partial charge in [0.05, 0.1) is 0 Å². The molecule has 0 amide bonds. The van der Waals surface area contributed by atoms with E-state index in [1.54, 1.807) is 16.8 Å². The molecule has 0 radical (unpaired) electrons. The summed E-state index contributed by atoms with van der Waals surface area (Å²) in [7, 11) is 0. The SMILES string of the molecule is O=c1cc(-c2nnc(C(F)F)o2)ccn1C1CCC(c2ccccn2)CC1. The van der Waals surface area contributed by atoms with Crippen molar-refractivity contribution in [3.8, 4) is 11.5 Å². The predicted molar refractivity (Wildman–Crippen MR) is 93.4 cm³/mol. The molecule has 0 unspecified atom stereocenters. The maximum Gasteiger partial charge on any atom is 0.314 e. The number of aromatic nitrogens is 4. The molecule has 0 aliphatic heterocycles. The molecular formula is C19H18F2N4O2. The Morgan fingerprint density at radius 2 is 1.93 bits per heavy atom. The lowest BCUT2D eigenvalue weighted by atomic mass is 9.83. The fraction of sp³-hybridized carbons (Fsp3) is 0.368. The van der Waals surface area contributed by atoms with E-state index in [0.29, 0.717) is 11.5 Å². The largest absolute Gasteiger partial charge is 0.415 e. The van der Waals surface area contributed by atoms with Crippen LogP contribution in [-0.2, 0) is 0 Å². The molecule has 6 nitrogen and oxygen atoms in total. The fourth-order valence-electron chi connectivity index (χ4n) is 3.63. The first-order valence-corrected chi connectivity index (χ1v) is 8.87.